The normalized spacial score (nSPS) is 16.0. The topological polar surface area (TPSA) is 51.6 Å². The van der Waals surface area contributed by atoms with Crippen LogP contribution >= 0.6 is 11.6 Å². The zero-order chi connectivity index (χ0) is 15.9. The summed E-state index contributed by atoms with van der Waals surface area (Å²) in [6.45, 7) is 6.15. The van der Waals surface area contributed by atoms with Gasteiger partial charge in [-0.1, -0.05) is 17.7 Å². The molecule has 1 aliphatic rings. The Morgan fingerprint density at radius 3 is 2.82 bits per heavy atom. The molecule has 0 saturated carbocycles. The molecule has 1 N–H and O–H groups in total. The Kier molecular flexibility index (Phi) is 3.75. The highest BCUT2D eigenvalue weighted by molar-refractivity contribution is 6.30. The maximum absolute atomic E-state index is 10.0. The number of hydrogen-bond donors (Lipinski definition) is 1. The van der Waals surface area contributed by atoms with E-state index in [2.05, 4.69) is 4.98 Å². The number of hydrogen-bond acceptors (Lipinski definition) is 4. The second kappa shape index (κ2) is 5.45. The smallest absolute Gasteiger partial charge is 0.205 e. The van der Waals surface area contributed by atoms with E-state index in [-0.39, 0.29) is 5.75 Å². The molecule has 0 unspecified atom stereocenters. The fourth-order valence-electron chi connectivity index (χ4n) is 2.53. The third kappa shape index (κ3) is 2.89. The summed E-state index contributed by atoms with van der Waals surface area (Å²) in [6, 6.07) is 5.13. The average Bonchev–Trinajstić information content (AvgIpc) is 2.44. The molecule has 0 saturated heterocycles. The number of nitrogens with zero attached hydrogens (tertiary/aromatic N) is 1. The van der Waals surface area contributed by atoms with Gasteiger partial charge in [-0.3, -0.25) is 4.98 Å². The molecule has 0 aliphatic carbocycles. The Labute approximate surface area is 134 Å². The molecule has 116 valence electrons. The third-order valence-corrected chi connectivity index (χ3v) is 3.98. The Morgan fingerprint density at radius 2 is 2.09 bits per heavy atom. The first-order chi connectivity index (χ1) is 10.4. The minimum absolute atomic E-state index is 0.180. The predicted octanol–water partition coefficient (Wildman–Crippen LogP) is 3.98. The molecule has 1 aromatic carbocycles. The van der Waals surface area contributed by atoms with Gasteiger partial charge in [0, 0.05) is 37.1 Å². The van der Waals surface area contributed by atoms with Gasteiger partial charge in [-0.05, 0) is 30.2 Å². The van der Waals surface area contributed by atoms with Gasteiger partial charge < -0.3 is 14.6 Å². The minimum Gasteiger partial charge on any atom is -0.508 e. The van der Waals surface area contributed by atoms with Crippen LogP contribution in [-0.2, 0) is 17.8 Å². The van der Waals surface area contributed by atoms with Gasteiger partial charge in [-0.2, -0.15) is 0 Å². The Hall–Kier alpha value is -1.78. The van der Waals surface area contributed by atoms with Crippen molar-refractivity contribution < 1.29 is 14.6 Å². The van der Waals surface area contributed by atoms with E-state index in [4.69, 9.17) is 21.1 Å². The van der Waals surface area contributed by atoms with E-state index in [9.17, 15) is 5.11 Å². The number of rotatable bonds is 2. The number of aromatic hydroxyl groups is 1. The van der Waals surface area contributed by atoms with Gasteiger partial charge in [0.15, 0.2) is 0 Å². The second-order valence-electron chi connectivity index (χ2n) is 5.92. The predicted molar refractivity (Wildman–Crippen MR) is 84.4 cm³/mol. The summed E-state index contributed by atoms with van der Waals surface area (Å²) in [7, 11) is 0. The minimum atomic E-state index is -0.652. The van der Waals surface area contributed by atoms with E-state index in [1.54, 1.807) is 12.1 Å². The Balaban J connectivity index is 1.99. The van der Waals surface area contributed by atoms with E-state index in [1.165, 1.54) is 0 Å². The molecule has 1 aromatic heterocycles. The van der Waals surface area contributed by atoms with Crippen molar-refractivity contribution >= 4 is 11.6 Å². The van der Waals surface area contributed by atoms with Crippen LogP contribution < -0.4 is 4.74 Å². The van der Waals surface area contributed by atoms with Gasteiger partial charge >= 0.3 is 0 Å². The number of ether oxygens (including phenoxy) is 2. The number of phenols is 1. The molecular formula is C17H18ClNO3. The maximum Gasteiger partial charge on any atom is 0.205 e. The summed E-state index contributed by atoms with van der Waals surface area (Å²) in [5.74, 6) is 0.308. The Bertz CT molecular complexity index is 728. The summed E-state index contributed by atoms with van der Waals surface area (Å²) < 4.78 is 11.7. The molecule has 0 amide bonds. The van der Waals surface area contributed by atoms with Gasteiger partial charge in [0.25, 0.3) is 0 Å². The molecule has 0 atom stereocenters. The third-order valence-electron chi connectivity index (χ3n) is 3.74. The number of aromatic nitrogens is 1. The first-order valence-corrected chi connectivity index (χ1v) is 7.51. The van der Waals surface area contributed by atoms with E-state index in [0.29, 0.717) is 18.1 Å². The fraction of sp³-hybridized carbons (Fsp3) is 0.353. The molecule has 2 heterocycles. The highest BCUT2D eigenvalue weighted by atomic mass is 35.5. The van der Waals surface area contributed by atoms with E-state index >= 15 is 0 Å². The van der Waals surface area contributed by atoms with Gasteiger partial charge in [-0.15, -0.1) is 0 Å². The molecule has 1 aliphatic heterocycles. The van der Waals surface area contributed by atoms with Crippen LogP contribution in [-0.4, -0.2) is 15.9 Å². The summed E-state index contributed by atoms with van der Waals surface area (Å²) in [6.07, 6.45) is 2.36. The number of pyridine rings is 1. The highest BCUT2D eigenvalue weighted by Crippen LogP contribution is 2.36. The van der Waals surface area contributed by atoms with Crippen molar-refractivity contribution in [1.29, 1.82) is 0 Å². The van der Waals surface area contributed by atoms with Gasteiger partial charge in [0.1, 0.15) is 11.5 Å². The fourth-order valence-corrected chi connectivity index (χ4v) is 2.70. The summed E-state index contributed by atoms with van der Waals surface area (Å²) in [5.41, 5.74) is 3.60. The first kappa shape index (κ1) is 15.1. The quantitative estimate of drug-likeness (QED) is 0.909. The number of halogens is 1. The molecule has 0 radical (unpaired) electrons. The lowest BCUT2D eigenvalue weighted by Crippen LogP contribution is -2.36. The summed E-state index contributed by atoms with van der Waals surface area (Å²) >= 11 is 5.88. The molecule has 2 aromatic rings. The zero-order valence-electron chi connectivity index (χ0n) is 12.8. The van der Waals surface area contributed by atoms with Crippen LogP contribution in [0.2, 0.25) is 5.02 Å². The number of fused-ring (bicyclic) bond motifs is 1. The number of aryl methyl sites for hydroxylation is 1. The highest BCUT2D eigenvalue weighted by Gasteiger charge is 2.30. The molecular weight excluding hydrogens is 302 g/mol. The standard InChI is InChI=1S/C17H18ClNO3/c1-10-16-14(9-21-17(2,3)22-16)12(8-19-10)6-11-4-5-13(18)7-15(11)20/h4-5,7-8,20H,6,9H2,1-3H3. The van der Waals surface area contributed by atoms with Crippen LogP contribution in [0, 0.1) is 6.92 Å². The van der Waals surface area contributed by atoms with Gasteiger partial charge in [-0.25, -0.2) is 0 Å². The van der Waals surface area contributed by atoms with Crippen LogP contribution in [0.5, 0.6) is 11.5 Å². The molecule has 4 nitrogen and oxygen atoms in total. The van der Waals surface area contributed by atoms with E-state index in [1.807, 2.05) is 33.0 Å². The SMILES string of the molecule is Cc1ncc(Cc2ccc(Cl)cc2O)c2c1OC(C)(C)OC2. The van der Waals surface area contributed by atoms with Crippen LogP contribution in [0.15, 0.2) is 24.4 Å². The maximum atomic E-state index is 10.0. The Morgan fingerprint density at radius 1 is 1.32 bits per heavy atom. The zero-order valence-corrected chi connectivity index (χ0v) is 13.6. The van der Waals surface area contributed by atoms with Crippen molar-refractivity contribution in [2.75, 3.05) is 0 Å². The summed E-state index contributed by atoms with van der Waals surface area (Å²) in [5, 5.41) is 10.5. The van der Waals surface area contributed by atoms with Crippen molar-refractivity contribution in [2.24, 2.45) is 0 Å². The van der Waals surface area contributed by atoms with Crippen LogP contribution in [0.3, 0.4) is 0 Å². The monoisotopic (exact) mass is 319 g/mol. The van der Waals surface area contributed by atoms with Crippen molar-refractivity contribution in [3.8, 4) is 11.5 Å². The van der Waals surface area contributed by atoms with Crippen molar-refractivity contribution in [1.82, 2.24) is 4.98 Å². The van der Waals surface area contributed by atoms with E-state index in [0.717, 1.165) is 28.1 Å². The van der Waals surface area contributed by atoms with Gasteiger partial charge in [0.05, 0.1) is 12.3 Å². The number of benzene rings is 1. The lowest BCUT2D eigenvalue weighted by Gasteiger charge is -2.34. The van der Waals surface area contributed by atoms with Crippen molar-refractivity contribution in [2.45, 2.75) is 39.6 Å². The first-order valence-electron chi connectivity index (χ1n) is 7.13. The molecule has 0 bridgehead atoms. The number of phenolic OH excluding ortho intramolecular Hbond substituents is 1. The molecule has 0 spiro atoms. The lowest BCUT2D eigenvalue weighted by atomic mass is 9.99. The van der Waals surface area contributed by atoms with Crippen molar-refractivity contribution in [3.05, 3.63) is 51.8 Å². The van der Waals surface area contributed by atoms with Crippen molar-refractivity contribution in [3.63, 3.8) is 0 Å². The molecule has 22 heavy (non-hydrogen) atoms. The second-order valence-corrected chi connectivity index (χ2v) is 6.35. The molecule has 3 rings (SSSR count). The largest absolute Gasteiger partial charge is 0.508 e. The van der Waals surface area contributed by atoms with Crippen LogP contribution in [0.1, 0.15) is 36.2 Å². The van der Waals surface area contributed by atoms with Gasteiger partial charge in [0.2, 0.25) is 5.79 Å². The lowest BCUT2D eigenvalue weighted by molar-refractivity contribution is -0.180. The molecule has 0 fully saturated rings. The molecule has 5 heteroatoms. The van der Waals surface area contributed by atoms with Crippen LogP contribution in [0.4, 0.5) is 0 Å². The van der Waals surface area contributed by atoms with E-state index < -0.39 is 5.79 Å². The average molecular weight is 320 g/mol. The summed E-state index contributed by atoms with van der Waals surface area (Å²) in [4.78, 5) is 4.41. The van der Waals surface area contributed by atoms with Crippen LogP contribution in [0.25, 0.3) is 0 Å².